The third-order valence-corrected chi connectivity index (χ3v) is 7.34. The molecule has 5 nitrogen and oxygen atoms in total. The lowest BCUT2D eigenvalue weighted by Gasteiger charge is -2.19. The number of thiazole rings is 1. The SMILES string of the molecule is COc1ccc(SCCC(=O)N(Cc2ccccn2)c2nc3c(C(C)C)cccc3s2)cc1. The van der Waals surface area contributed by atoms with Gasteiger partial charge in [-0.05, 0) is 53.9 Å². The molecule has 1 amide bonds. The molecule has 0 unspecified atom stereocenters. The van der Waals surface area contributed by atoms with E-state index in [4.69, 9.17) is 9.72 Å². The molecule has 170 valence electrons. The Morgan fingerprint density at radius 3 is 2.61 bits per heavy atom. The van der Waals surface area contributed by atoms with Gasteiger partial charge in [0.05, 0.1) is 29.6 Å². The number of hydrogen-bond acceptors (Lipinski definition) is 6. The first-order valence-electron chi connectivity index (χ1n) is 10.9. The predicted octanol–water partition coefficient (Wildman–Crippen LogP) is 6.54. The number of thioether (sulfide) groups is 1. The predicted molar refractivity (Wildman–Crippen MR) is 137 cm³/mol. The van der Waals surface area contributed by atoms with E-state index in [9.17, 15) is 4.79 Å². The van der Waals surface area contributed by atoms with Crippen LogP contribution in [-0.4, -0.2) is 28.7 Å². The molecule has 2 heterocycles. The van der Waals surface area contributed by atoms with Crippen molar-refractivity contribution in [1.82, 2.24) is 9.97 Å². The first-order chi connectivity index (χ1) is 16.0. The van der Waals surface area contributed by atoms with E-state index in [1.54, 1.807) is 41.3 Å². The minimum atomic E-state index is 0.0480. The van der Waals surface area contributed by atoms with Crippen LogP contribution in [0.4, 0.5) is 5.13 Å². The molecule has 0 saturated heterocycles. The molecule has 2 aromatic heterocycles. The number of nitrogens with zero attached hydrogens (tertiary/aromatic N) is 3. The molecule has 0 spiro atoms. The molecule has 0 radical (unpaired) electrons. The van der Waals surface area contributed by atoms with Crippen molar-refractivity contribution in [2.24, 2.45) is 0 Å². The van der Waals surface area contributed by atoms with E-state index in [0.717, 1.165) is 31.7 Å². The highest BCUT2D eigenvalue weighted by atomic mass is 32.2. The maximum Gasteiger partial charge on any atom is 0.229 e. The van der Waals surface area contributed by atoms with Crippen LogP contribution in [0.15, 0.2) is 71.8 Å². The summed E-state index contributed by atoms with van der Waals surface area (Å²) in [5.74, 6) is 1.93. The number of methoxy groups -OCH3 is 1. The third-order valence-electron chi connectivity index (χ3n) is 5.28. The van der Waals surface area contributed by atoms with Gasteiger partial charge >= 0.3 is 0 Å². The van der Waals surface area contributed by atoms with Gasteiger partial charge in [-0.25, -0.2) is 4.98 Å². The van der Waals surface area contributed by atoms with Crippen molar-refractivity contribution < 1.29 is 9.53 Å². The van der Waals surface area contributed by atoms with Gasteiger partial charge in [-0.3, -0.25) is 14.7 Å². The lowest BCUT2D eigenvalue weighted by Crippen LogP contribution is -2.30. The average molecular weight is 478 g/mol. The van der Waals surface area contributed by atoms with Crippen LogP contribution in [0.3, 0.4) is 0 Å². The normalized spacial score (nSPS) is 11.2. The van der Waals surface area contributed by atoms with Gasteiger partial charge in [0.25, 0.3) is 0 Å². The molecule has 7 heteroatoms. The maximum atomic E-state index is 13.4. The number of hydrogen-bond donors (Lipinski definition) is 0. The Morgan fingerprint density at radius 1 is 1.09 bits per heavy atom. The van der Waals surface area contributed by atoms with E-state index in [2.05, 4.69) is 37.0 Å². The summed E-state index contributed by atoms with van der Waals surface area (Å²) in [6.45, 7) is 4.74. The summed E-state index contributed by atoms with van der Waals surface area (Å²) in [4.78, 5) is 25.6. The van der Waals surface area contributed by atoms with Gasteiger partial charge in [-0.15, -0.1) is 11.8 Å². The van der Waals surface area contributed by atoms with Gasteiger partial charge in [-0.1, -0.05) is 43.4 Å². The van der Waals surface area contributed by atoms with E-state index in [1.807, 2.05) is 42.5 Å². The fourth-order valence-corrected chi connectivity index (χ4v) is 5.38. The Hall–Kier alpha value is -2.90. The molecular formula is C26H27N3O2S2. The standard InChI is InChI=1S/C26H27N3O2S2/c1-18(2)22-8-6-9-23-25(22)28-26(33-23)29(17-19-7-4-5-15-27-19)24(30)14-16-32-21-12-10-20(31-3)11-13-21/h4-13,15,18H,14,16-17H2,1-3H3. The van der Waals surface area contributed by atoms with Gasteiger partial charge in [0.1, 0.15) is 5.75 Å². The number of amides is 1. The Bertz CT molecular complexity index is 1210. The van der Waals surface area contributed by atoms with E-state index in [-0.39, 0.29) is 5.91 Å². The summed E-state index contributed by atoms with van der Waals surface area (Å²) in [5.41, 5.74) is 3.03. The number of carbonyl (C=O) groups is 1. The Labute approximate surface area is 202 Å². The van der Waals surface area contributed by atoms with E-state index in [1.165, 1.54) is 5.56 Å². The Kier molecular flexibility index (Phi) is 7.62. The monoisotopic (exact) mass is 477 g/mol. The Balaban J connectivity index is 1.54. The van der Waals surface area contributed by atoms with Crippen molar-refractivity contribution in [2.75, 3.05) is 17.8 Å². The number of ether oxygens (including phenoxy) is 1. The first-order valence-corrected chi connectivity index (χ1v) is 12.7. The quantitative estimate of drug-likeness (QED) is 0.256. The second-order valence-corrected chi connectivity index (χ2v) is 10.1. The van der Waals surface area contributed by atoms with Gasteiger partial charge in [0, 0.05) is 23.3 Å². The fourth-order valence-electron chi connectivity index (χ4n) is 3.52. The van der Waals surface area contributed by atoms with Gasteiger partial charge in [0.15, 0.2) is 5.13 Å². The first kappa shape index (κ1) is 23.3. The molecule has 0 saturated carbocycles. The Morgan fingerprint density at radius 2 is 1.91 bits per heavy atom. The number of carbonyl (C=O) groups excluding carboxylic acids is 1. The van der Waals surface area contributed by atoms with Gasteiger partial charge < -0.3 is 4.74 Å². The second-order valence-electron chi connectivity index (χ2n) is 7.92. The molecule has 0 aliphatic rings. The van der Waals surface area contributed by atoms with E-state index in [0.29, 0.717) is 24.6 Å². The van der Waals surface area contributed by atoms with Crippen molar-refractivity contribution in [3.05, 3.63) is 78.1 Å². The molecule has 0 atom stereocenters. The van der Waals surface area contributed by atoms with Crippen LogP contribution in [0, 0.1) is 0 Å². The highest BCUT2D eigenvalue weighted by Gasteiger charge is 2.22. The van der Waals surface area contributed by atoms with Gasteiger partial charge in [-0.2, -0.15) is 0 Å². The molecule has 0 bridgehead atoms. The van der Waals surface area contributed by atoms with Crippen LogP contribution in [0.2, 0.25) is 0 Å². The molecule has 4 aromatic rings. The van der Waals surface area contributed by atoms with Crippen LogP contribution >= 0.6 is 23.1 Å². The lowest BCUT2D eigenvalue weighted by atomic mass is 10.0. The highest BCUT2D eigenvalue weighted by molar-refractivity contribution is 7.99. The van der Waals surface area contributed by atoms with Crippen molar-refractivity contribution in [1.29, 1.82) is 0 Å². The number of benzene rings is 2. The zero-order chi connectivity index (χ0) is 23.2. The third kappa shape index (κ3) is 5.72. The molecule has 4 rings (SSSR count). The number of para-hydroxylation sites is 1. The zero-order valence-corrected chi connectivity index (χ0v) is 20.7. The number of fused-ring (bicyclic) bond motifs is 1. The van der Waals surface area contributed by atoms with Crippen LogP contribution in [-0.2, 0) is 11.3 Å². The van der Waals surface area contributed by atoms with Crippen molar-refractivity contribution in [3.8, 4) is 5.75 Å². The van der Waals surface area contributed by atoms with Crippen LogP contribution < -0.4 is 9.64 Å². The van der Waals surface area contributed by atoms with Crippen LogP contribution in [0.25, 0.3) is 10.2 Å². The topological polar surface area (TPSA) is 55.3 Å². The van der Waals surface area contributed by atoms with E-state index < -0.39 is 0 Å². The molecular weight excluding hydrogens is 450 g/mol. The largest absolute Gasteiger partial charge is 0.497 e. The second kappa shape index (κ2) is 10.8. The van der Waals surface area contributed by atoms with E-state index >= 15 is 0 Å². The molecule has 0 fully saturated rings. The highest BCUT2D eigenvalue weighted by Crippen LogP contribution is 2.34. The number of pyridine rings is 1. The minimum Gasteiger partial charge on any atom is -0.497 e. The number of rotatable bonds is 9. The average Bonchev–Trinajstić information content (AvgIpc) is 3.27. The van der Waals surface area contributed by atoms with Crippen molar-refractivity contribution in [2.45, 2.75) is 37.6 Å². The summed E-state index contributed by atoms with van der Waals surface area (Å²) >= 11 is 3.23. The smallest absolute Gasteiger partial charge is 0.229 e. The fraction of sp³-hybridized carbons (Fsp3) is 0.269. The van der Waals surface area contributed by atoms with Gasteiger partial charge in [0.2, 0.25) is 5.91 Å². The zero-order valence-electron chi connectivity index (χ0n) is 19.0. The summed E-state index contributed by atoms with van der Waals surface area (Å²) in [7, 11) is 1.66. The minimum absolute atomic E-state index is 0.0480. The molecule has 0 N–H and O–H groups in total. The lowest BCUT2D eigenvalue weighted by molar-refractivity contribution is -0.118. The van der Waals surface area contributed by atoms with Crippen molar-refractivity contribution in [3.63, 3.8) is 0 Å². The molecule has 0 aliphatic carbocycles. The van der Waals surface area contributed by atoms with Crippen LogP contribution in [0.5, 0.6) is 5.75 Å². The molecule has 33 heavy (non-hydrogen) atoms. The summed E-state index contributed by atoms with van der Waals surface area (Å²) in [5, 5.41) is 0.725. The van der Waals surface area contributed by atoms with Crippen molar-refractivity contribution >= 4 is 44.4 Å². The summed E-state index contributed by atoms with van der Waals surface area (Å²) in [6.07, 6.45) is 2.17. The summed E-state index contributed by atoms with van der Waals surface area (Å²) in [6, 6.07) is 19.9. The summed E-state index contributed by atoms with van der Waals surface area (Å²) < 4.78 is 6.31. The molecule has 2 aromatic carbocycles. The van der Waals surface area contributed by atoms with Crippen LogP contribution in [0.1, 0.15) is 37.4 Å². The number of anilines is 1. The molecule has 0 aliphatic heterocycles. The maximum absolute atomic E-state index is 13.4. The number of aromatic nitrogens is 2.